The van der Waals surface area contributed by atoms with Gasteiger partial charge < -0.3 is 19.4 Å². The summed E-state index contributed by atoms with van der Waals surface area (Å²) in [6, 6.07) is 10.3. The van der Waals surface area contributed by atoms with Crippen LogP contribution >= 0.6 is 0 Å². The first-order chi connectivity index (χ1) is 12.1. The van der Waals surface area contributed by atoms with Crippen molar-refractivity contribution >= 4 is 17.5 Å². The molecule has 2 fully saturated rings. The smallest absolute Gasteiger partial charge is 0.242 e. The summed E-state index contributed by atoms with van der Waals surface area (Å²) in [6.45, 7) is 5.98. The number of nitrogens with zero attached hydrogens (tertiary/aromatic N) is 3. The Bertz CT molecular complexity index is 579. The van der Waals surface area contributed by atoms with E-state index in [1.807, 2.05) is 23.1 Å². The number of rotatable bonds is 5. The highest BCUT2D eigenvalue weighted by atomic mass is 16.5. The van der Waals surface area contributed by atoms with Gasteiger partial charge in [0.1, 0.15) is 0 Å². The Kier molecular flexibility index (Phi) is 5.91. The van der Waals surface area contributed by atoms with Gasteiger partial charge in [-0.2, -0.15) is 0 Å². The van der Waals surface area contributed by atoms with Crippen molar-refractivity contribution in [3.63, 3.8) is 0 Å². The molecule has 25 heavy (non-hydrogen) atoms. The van der Waals surface area contributed by atoms with E-state index >= 15 is 0 Å². The lowest BCUT2D eigenvalue weighted by Crippen LogP contribution is -2.52. The van der Waals surface area contributed by atoms with E-state index in [2.05, 4.69) is 17.0 Å². The van der Waals surface area contributed by atoms with Crippen LogP contribution in [0.5, 0.6) is 0 Å². The molecule has 3 rings (SSSR count). The highest BCUT2D eigenvalue weighted by Gasteiger charge is 2.26. The maximum atomic E-state index is 12.6. The third kappa shape index (κ3) is 4.72. The van der Waals surface area contributed by atoms with E-state index in [0.29, 0.717) is 19.6 Å². The van der Waals surface area contributed by atoms with Crippen LogP contribution < -0.4 is 4.90 Å². The van der Waals surface area contributed by atoms with E-state index in [1.54, 1.807) is 4.90 Å². The molecule has 1 unspecified atom stereocenters. The van der Waals surface area contributed by atoms with Crippen LogP contribution in [-0.2, 0) is 14.3 Å². The first kappa shape index (κ1) is 17.7. The molecule has 2 amide bonds. The molecule has 0 aromatic heterocycles. The average molecular weight is 345 g/mol. The summed E-state index contributed by atoms with van der Waals surface area (Å²) < 4.78 is 5.60. The molecular weight excluding hydrogens is 318 g/mol. The fourth-order valence-electron chi connectivity index (χ4n) is 3.45. The Hall–Kier alpha value is -2.08. The molecule has 0 aliphatic carbocycles. The average Bonchev–Trinajstić information content (AvgIpc) is 3.15. The van der Waals surface area contributed by atoms with Crippen LogP contribution in [0, 0.1) is 0 Å². The van der Waals surface area contributed by atoms with Crippen LogP contribution in [0.3, 0.4) is 0 Å². The van der Waals surface area contributed by atoms with Crippen LogP contribution in [0.4, 0.5) is 5.69 Å². The van der Waals surface area contributed by atoms with Crippen molar-refractivity contribution in [2.45, 2.75) is 25.9 Å². The third-order valence-electron chi connectivity index (χ3n) is 4.97. The van der Waals surface area contributed by atoms with Crippen LogP contribution in [0.1, 0.15) is 19.8 Å². The molecule has 2 aliphatic heterocycles. The summed E-state index contributed by atoms with van der Waals surface area (Å²) in [5.41, 5.74) is 1.19. The summed E-state index contributed by atoms with van der Waals surface area (Å²) in [5.74, 6) is -0.0346. The Labute approximate surface area is 149 Å². The Morgan fingerprint density at radius 2 is 1.88 bits per heavy atom. The number of carbonyl (C=O) groups excluding carboxylic acids is 2. The summed E-state index contributed by atoms with van der Waals surface area (Å²) in [7, 11) is 0. The number of benzene rings is 1. The number of hydrogen-bond acceptors (Lipinski definition) is 4. The second-order valence-corrected chi connectivity index (χ2v) is 6.74. The number of para-hydroxylation sites is 1. The normalized spacial score (nSPS) is 20.6. The molecule has 0 N–H and O–H groups in total. The van der Waals surface area contributed by atoms with Crippen molar-refractivity contribution in [1.29, 1.82) is 0 Å². The molecule has 0 bridgehead atoms. The number of ether oxygens (including phenoxy) is 1. The number of hydrogen-bond donors (Lipinski definition) is 0. The van der Waals surface area contributed by atoms with Gasteiger partial charge in [0.05, 0.1) is 12.6 Å². The van der Waals surface area contributed by atoms with Crippen molar-refractivity contribution in [1.82, 2.24) is 9.80 Å². The van der Waals surface area contributed by atoms with Gasteiger partial charge in [-0.3, -0.25) is 9.59 Å². The van der Waals surface area contributed by atoms with E-state index in [4.69, 9.17) is 4.74 Å². The fraction of sp³-hybridized carbons (Fsp3) is 0.579. The molecule has 6 nitrogen and oxygen atoms in total. The SMILES string of the molecule is CC(=O)N(CC(=O)N1CCN(c2ccccc2)CC1)CC1CCCO1. The molecule has 2 heterocycles. The van der Waals surface area contributed by atoms with E-state index in [0.717, 1.165) is 32.5 Å². The van der Waals surface area contributed by atoms with Gasteiger partial charge in [-0.1, -0.05) is 18.2 Å². The highest BCUT2D eigenvalue weighted by molar-refractivity contribution is 5.84. The number of carbonyl (C=O) groups is 2. The van der Waals surface area contributed by atoms with Crippen LogP contribution in [0.2, 0.25) is 0 Å². The quantitative estimate of drug-likeness (QED) is 0.809. The number of piperazine rings is 1. The zero-order valence-electron chi connectivity index (χ0n) is 14.9. The minimum absolute atomic E-state index is 0.0286. The second kappa shape index (κ2) is 8.34. The van der Waals surface area contributed by atoms with E-state index in [1.165, 1.54) is 12.6 Å². The zero-order chi connectivity index (χ0) is 17.6. The molecule has 136 valence electrons. The molecule has 0 saturated carbocycles. The fourth-order valence-corrected chi connectivity index (χ4v) is 3.45. The lowest BCUT2D eigenvalue weighted by atomic mass is 10.2. The number of amides is 2. The van der Waals surface area contributed by atoms with Crippen molar-refractivity contribution in [2.75, 3.05) is 50.8 Å². The molecule has 1 atom stereocenters. The summed E-state index contributed by atoms with van der Waals surface area (Å²) in [5, 5.41) is 0. The lowest BCUT2D eigenvalue weighted by Gasteiger charge is -2.37. The van der Waals surface area contributed by atoms with Gasteiger partial charge in [0.2, 0.25) is 11.8 Å². The molecule has 6 heteroatoms. The van der Waals surface area contributed by atoms with Crippen molar-refractivity contribution in [3.8, 4) is 0 Å². The van der Waals surface area contributed by atoms with Gasteiger partial charge in [-0.15, -0.1) is 0 Å². The maximum absolute atomic E-state index is 12.6. The number of anilines is 1. The monoisotopic (exact) mass is 345 g/mol. The van der Waals surface area contributed by atoms with E-state index in [-0.39, 0.29) is 24.5 Å². The first-order valence-electron chi connectivity index (χ1n) is 9.08. The van der Waals surface area contributed by atoms with Gasteiger partial charge in [-0.25, -0.2) is 0 Å². The molecule has 2 saturated heterocycles. The Morgan fingerprint density at radius 3 is 2.48 bits per heavy atom. The zero-order valence-corrected chi connectivity index (χ0v) is 14.9. The molecular formula is C19H27N3O3. The van der Waals surface area contributed by atoms with E-state index < -0.39 is 0 Å². The van der Waals surface area contributed by atoms with Crippen LogP contribution in [0.25, 0.3) is 0 Å². The molecule has 1 aromatic rings. The third-order valence-corrected chi connectivity index (χ3v) is 4.97. The van der Waals surface area contributed by atoms with E-state index in [9.17, 15) is 9.59 Å². The van der Waals surface area contributed by atoms with Gasteiger partial charge in [0, 0.05) is 51.9 Å². The van der Waals surface area contributed by atoms with Gasteiger partial charge in [0.25, 0.3) is 0 Å². The standard InChI is InChI=1S/C19H27N3O3/c1-16(23)22(14-18-8-5-13-25-18)15-19(24)21-11-9-20(10-12-21)17-6-3-2-4-7-17/h2-4,6-7,18H,5,8-15H2,1H3. The topological polar surface area (TPSA) is 53.1 Å². The lowest BCUT2D eigenvalue weighted by molar-refractivity contribution is -0.140. The van der Waals surface area contributed by atoms with Gasteiger partial charge >= 0.3 is 0 Å². The highest BCUT2D eigenvalue weighted by Crippen LogP contribution is 2.16. The Morgan fingerprint density at radius 1 is 1.16 bits per heavy atom. The van der Waals surface area contributed by atoms with Crippen molar-refractivity contribution in [2.24, 2.45) is 0 Å². The first-order valence-corrected chi connectivity index (χ1v) is 9.08. The van der Waals surface area contributed by atoms with Gasteiger partial charge in [-0.05, 0) is 25.0 Å². The summed E-state index contributed by atoms with van der Waals surface area (Å²) in [4.78, 5) is 30.3. The van der Waals surface area contributed by atoms with Crippen LogP contribution in [0.15, 0.2) is 30.3 Å². The van der Waals surface area contributed by atoms with Gasteiger partial charge in [0.15, 0.2) is 0 Å². The second-order valence-electron chi connectivity index (χ2n) is 6.74. The minimum Gasteiger partial charge on any atom is -0.376 e. The molecule has 2 aliphatic rings. The molecule has 1 aromatic carbocycles. The summed E-state index contributed by atoms with van der Waals surface area (Å²) >= 11 is 0. The van der Waals surface area contributed by atoms with Crippen molar-refractivity contribution < 1.29 is 14.3 Å². The largest absolute Gasteiger partial charge is 0.376 e. The maximum Gasteiger partial charge on any atom is 0.242 e. The Balaban J connectivity index is 1.50. The predicted molar refractivity (Wildman–Crippen MR) is 96.5 cm³/mol. The summed E-state index contributed by atoms with van der Waals surface area (Å²) in [6.07, 6.45) is 2.08. The minimum atomic E-state index is -0.0632. The predicted octanol–water partition coefficient (Wildman–Crippen LogP) is 1.36. The molecule has 0 spiro atoms. The van der Waals surface area contributed by atoms with Crippen LogP contribution in [-0.4, -0.2) is 73.6 Å². The van der Waals surface area contributed by atoms with Crippen molar-refractivity contribution in [3.05, 3.63) is 30.3 Å². The molecule has 0 radical (unpaired) electrons.